The van der Waals surface area contributed by atoms with E-state index in [1.54, 1.807) is 31.4 Å². The number of carbonyl (C=O) groups is 2. The maximum Gasteiger partial charge on any atom is 0.287 e. The number of benzene rings is 1. The molecule has 1 aromatic carbocycles. The third-order valence-corrected chi connectivity index (χ3v) is 3.60. The second-order valence-corrected chi connectivity index (χ2v) is 5.31. The minimum atomic E-state index is -0.528. The molecule has 130 valence electrons. The molecule has 2 N–H and O–H groups in total. The highest BCUT2D eigenvalue weighted by Gasteiger charge is 2.14. The summed E-state index contributed by atoms with van der Waals surface area (Å²) in [5.41, 5.74) is 0.601. The molecule has 0 fully saturated rings. The van der Waals surface area contributed by atoms with Gasteiger partial charge in [-0.2, -0.15) is 0 Å². The summed E-state index contributed by atoms with van der Waals surface area (Å²) in [6, 6.07) is 6.94. The Labute approximate surface area is 140 Å². The van der Waals surface area contributed by atoms with Gasteiger partial charge in [-0.25, -0.2) is 0 Å². The predicted molar refractivity (Wildman–Crippen MR) is 89.1 cm³/mol. The fourth-order valence-electron chi connectivity index (χ4n) is 2.38. The van der Waals surface area contributed by atoms with Crippen LogP contribution in [0.3, 0.4) is 0 Å². The van der Waals surface area contributed by atoms with Gasteiger partial charge in [0.15, 0.2) is 5.76 Å². The number of aliphatic hydroxyl groups is 1. The van der Waals surface area contributed by atoms with Crippen LogP contribution in [-0.2, 0) is 4.79 Å². The molecule has 0 aliphatic heterocycles. The molecule has 24 heavy (non-hydrogen) atoms. The van der Waals surface area contributed by atoms with Gasteiger partial charge in [0.1, 0.15) is 17.9 Å². The van der Waals surface area contributed by atoms with E-state index < -0.39 is 6.61 Å². The maximum atomic E-state index is 12.2. The molecule has 0 bridgehead atoms. The number of hydrogen-bond donors (Lipinski definition) is 2. The Balaban J connectivity index is 1.95. The van der Waals surface area contributed by atoms with Crippen LogP contribution in [0.1, 0.15) is 23.9 Å². The van der Waals surface area contributed by atoms with Gasteiger partial charge in [-0.1, -0.05) is 6.92 Å². The van der Waals surface area contributed by atoms with Gasteiger partial charge in [0.25, 0.3) is 5.91 Å². The van der Waals surface area contributed by atoms with Crippen LogP contribution in [0.25, 0.3) is 11.0 Å². The first-order valence-electron chi connectivity index (χ1n) is 7.83. The summed E-state index contributed by atoms with van der Waals surface area (Å²) in [4.78, 5) is 25.2. The summed E-state index contributed by atoms with van der Waals surface area (Å²) in [6.45, 7) is 2.58. The molecule has 0 spiro atoms. The van der Waals surface area contributed by atoms with Crippen molar-refractivity contribution in [1.29, 1.82) is 0 Å². The molecule has 1 heterocycles. The predicted octanol–water partition coefficient (Wildman–Crippen LogP) is 1.40. The molecular weight excluding hydrogens is 312 g/mol. The van der Waals surface area contributed by atoms with Crippen LogP contribution in [0.2, 0.25) is 0 Å². The Morgan fingerprint density at radius 3 is 2.75 bits per heavy atom. The van der Waals surface area contributed by atoms with Crippen LogP contribution in [0.5, 0.6) is 5.75 Å². The topological polar surface area (TPSA) is 92.0 Å². The third-order valence-electron chi connectivity index (χ3n) is 3.60. The Bertz CT molecular complexity index is 710. The number of hydrogen-bond acceptors (Lipinski definition) is 5. The van der Waals surface area contributed by atoms with E-state index in [4.69, 9.17) is 14.3 Å². The van der Waals surface area contributed by atoms with E-state index in [0.717, 1.165) is 11.8 Å². The first-order chi connectivity index (χ1) is 11.6. The van der Waals surface area contributed by atoms with Crippen molar-refractivity contribution in [2.75, 3.05) is 33.4 Å². The van der Waals surface area contributed by atoms with Crippen molar-refractivity contribution >= 4 is 22.8 Å². The Kier molecular flexibility index (Phi) is 6.20. The van der Waals surface area contributed by atoms with Gasteiger partial charge in [0.2, 0.25) is 5.91 Å². The number of furan rings is 1. The standard InChI is InChI=1S/C17H22N2O5/c1-3-7-19(16(21)11-20)8-6-18-17(22)15-10-12-9-13(23-2)4-5-14(12)24-15/h4-5,9-10,20H,3,6-8,11H2,1-2H3,(H,18,22). The van der Waals surface area contributed by atoms with E-state index in [9.17, 15) is 9.59 Å². The summed E-state index contributed by atoms with van der Waals surface area (Å²) in [6.07, 6.45) is 0.783. The molecule has 0 aliphatic rings. The Hall–Kier alpha value is -2.54. The molecule has 2 rings (SSSR count). The average Bonchev–Trinajstić information content (AvgIpc) is 3.03. The Morgan fingerprint density at radius 2 is 2.08 bits per heavy atom. The van der Waals surface area contributed by atoms with Gasteiger partial charge < -0.3 is 24.5 Å². The minimum absolute atomic E-state index is 0.203. The van der Waals surface area contributed by atoms with Crippen LogP contribution < -0.4 is 10.1 Å². The van der Waals surface area contributed by atoms with E-state index in [0.29, 0.717) is 24.4 Å². The van der Waals surface area contributed by atoms with E-state index >= 15 is 0 Å². The molecule has 2 aromatic rings. The number of rotatable bonds is 8. The number of fused-ring (bicyclic) bond motifs is 1. The van der Waals surface area contributed by atoms with Crippen LogP contribution in [0.15, 0.2) is 28.7 Å². The highest BCUT2D eigenvalue weighted by Crippen LogP contribution is 2.24. The monoisotopic (exact) mass is 334 g/mol. The summed E-state index contributed by atoms with van der Waals surface area (Å²) in [7, 11) is 1.57. The molecule has 1 aromatic heterocycles. The van der Waals surface area contributed by atoms with Crippen LogP contribution in [0, 0.1) is 0 Å². The van der Waals surface area contributed by atoms with Crippen molar-refractivity contribution in [1.82, 2.24) is 10.2 Å². The quantitative estimate of drug-likeness (QED) is 0.761. The van der Waals surface area contributed by atoms with Gasteiger partial charge in [-0.15, -0.1) is 0 Å². The Morgan fingerprint density at radius 1 is 1.29 bits per heavy atom. The molecule has 7 nitrogen and oxygen atoms in total. The van der Waals surface area contributed by atoms with Gasteiger partial charge in [0.05, 0.1) is 7.11 Å². The fourth-order valence-corrected chi connectivity index (χ4v) is 2.38. The van der Waals surface area contributed by atoms with E-state index in [1.165, 1.54) is 4.90 Å². The number of nitrogens with one attached hydrogen (secondary N) is 1. The highest BCUT2D eigenvalue weighted by molar-refractivity contribution is 5.96. The summed E-state index contributed by atoms with van der Waals surface area (Å²) in [5, 5.41) is 12.4. The molecule has 7 heteroatoms. The van der Waals surface area contributed by atoms with Crippen molar-refractivity contribution in [3.63, 3.8) is 0 Å². The maximum absolute atomic E-state index is 12.2. The highest BCUT2D eigenvalue weighted by atomic mass is 16.5. The average molecular weight is 334 g/mol. The van der Waals surface area contributed by atoms with Crippen LogP contribution in [0.4, 0.5) is 0 Å². The molecule has 0 unspecified atom stereocenters. The smallest absolute Gasteiger partial charge is 0.287 e. The van der Waals surface area contributed by atoms with Gasteiger partial charge >= 0.3 is 0 Å². The second kappa shape index (κ2) is 8.35. The molecule has 0 aliphatic carbocycles. The summed E-state index contributed by atoms with van der Waals surface area (Å²) < 4.78 is 10.7. The largest absolute Gasteiger partial charge is 0.497 e. The SMILES string of the molecule is CCCN(CCNC(=O)c1cc2cc(OC)ccc2o1)C(=O)CO. The number of aliphatic hydroxyl groups excluding tert-OH is 1. The van der Waals surface area contributed by atoms with E-state index in [2.05, 4.69) is 5.32 Å². The zero-order valence-electron chi connectivity index (χ0n) is 13.9. The van der Waals surface area contributed by atoms with Crippen molar-refractivity contribution < 1.29 is 23.8 Å². The van der Waals surface area contributed by atoms with Crippen molar-refractivity contribution in [3.05, 3.63) is 30.0 Å². The second-order valence-electron chi connectivity index (χ2n) is 5.31. The lowest BCUT2D eigenvalue weighted by atomic mass is 10.2. The number of amides is 2. The molecule has 2 amide bonds. The normalized spacial score (nSPS) is 10.6. The summed E-state index contributed by atoms with van der Waals surface area (Å²) >= 11 is 0. The van der Waals surface area contributed by atoms with E-state index in [-0.39, 0.29) is 24.1 Å². The van der Waals surface area contributed by atoms with Crippen LogP contribution >= 0.6 is 0 Å². The number of nitrogens with zero attached hydrogens (tertiary/aromatic N) is 1. The number of carbonyl (C=O) groups excluding carboxylic acids is 2. The van der Waals surface area contributed by atoms with Crippen molar-refractivity contribution in [2.24, 2.45) is 0 Å². The molecular formula is C17H22N2O5. The van der Waals surface area contributed by atoms with Crippen molar-refractivity contribution in [3.8, 4) is 5.75 Å². The first-order valence-corrected chi connectivity index (χ1v) is 7.83. The van der Waals surface area contributed by atoms with Crippen molar-refractivity contribution in [2.45, 2.75) is 13.3 Å². The van der Waals surface area contributed by atoms with Crippen LogP contribution in [-0.4, -0.2) is 55.2 Å². The third kappa shape index (κ3) is 4.26. The zero-order chi connectivity index (χ0) is 17.5. The minimum Gasteiger partial charge on any atom is -0.497 e. The lowest BCUT2D eigenvalue weighted by Gasteiger charge is -2.21. The molecule has 0 atom stereocenters. The van der Waals surface area contributed by atoms with Gasteiger partial charge in [0, 0.05) is 25.0 Å². The molecule has 0 saturated carbocycles. The van der Waals surface area contributed by atoms with Gasteiger partial charge in [-0.05, 0) is 30.7 Å². The van der Waals surface area contributed by atoms with E-state index in [1.807, 2.05) is 6.92 Å². The summed E-state index contributed by atoms with van der Waals surface area (Å²) in [5.74, 6) is 0.196. The first kappa shape index (κ1) is 17.8. The molecule has 0 radical (unpaired) electrons. The number of ether oxygens (including phenoxy) is 1. The number of methoxy groups -OCH3 is 1. The lowest BCUT2D eigenvalue weighted by molar-refractivity contribution is -0.134. The molecule has 0 saturated heterocycles. The zero-order valence-corrected chi connectivity index (χ0v) is 13.9. The van der Waals surface area contributed by atoms with Gasteiger partial charge in [-0.3, -0.25) is 9.59 Å². The lowest BCUT2D eigenvalue weighted by Crippen LogP contribution is -2.40. The fraction of sp³-hybridized carbons (Fsp3) is 0.412.